The van der Waals surface area contributed by atoms with Crippen molar-refractivity contribution >= 4 is 30.3 Å². The number of hydrogen-bond acceptors (Lipinski definition) is 6. The second kappa shape index (κ2) is 15.4. The molecular formula is C36H48N2O4S. The highest BCUT2D eigenvalue weighted by molar-refractivity contribution is 7.80. The standard InChI is InChI=1S/C36H48N2O4S/c1-8-26(9-2)27-16-18-31(19-17-27)38(24(3)4)22-25-12-10-13-28(20-25)29-14-11-15-30(21-29)33(35(41)42-36(5,6)7)37-32(23-43)34(39)40/h10-21,24,26,32-33,37,43H,8-9,22-23H2,1-7H3,(H,39,40)/t32-,33?/m0/s1. The monoisotopic (exact) mass is 604 g/mol. The molecule has 43 heavy (non-hydrogen) atoms. The van der Waals surface area contributed by atoms with E-state index in [2.05, 4.69) is 99.1 Å². The van der Waals surface area contributed by atoms with E-state index in [9.17, 15) is 14.7 Å². The van der Waals surface area contributed by atoms with Crippen LogP contribution in [0.3, 0.4) is 0 Å². The summed E-state index contributed by atoms with van der Waals surface area (Å²) in [4.78, 5) is 27.4. The molecule has 0 saturated carbocycles. The van der Waals surface area contributed by atoms with Crippen molar-refractivity contribution in [3.63, 3.8) is 0 Å². The number of ether oxygens (including phenoxy) is 1. The highest BCUT2D eigenvalue weighted by Gasteiger charge is 2.31. The first kappa shape index (κ1) is 34.2. The molecule has 232 valence electrons. The fourth-order valence-electron chi connectivity index (χ4n) is 5.28. The molecule has 3 aromatic rings. The fraction of sp³-hybridized carbons (Fsp3) is 0.444. The van der Waals surface area contributed by atoms with Crippen LogP contribution < -0.4 is 10.2 Å². The van der Waals surface area contributed by atoms with Gasteiger partial charge in [0.15, 0.2) is 0 Å². The van der Waals surface area contributed by atoms with Crippen molar-refractivity contribution < 1.29 is 19.4 Å². The van der Waals surface area contributed by atoms with Gasteiger partial charge in [0.25, 0.3) is 0 Å². The molecular weight excluding hydrogens is 556 g/mol. The quantitative estimate of drug-likeness (QED) is 0.128. The van der Waals surface area contributed by atoms with Crippen LogP contribution in [0.2, 0.25) is 0 Å². The van der Waals surface area contributed by atoms with E-state index < -0.39 is 29.6 Å². The summed E-state index contributed by atoms with van der Waals surface area (Å²) in [5.74, 6) is -0.989. The first-order chi connectivity index (χ1) is 20.4. The van der Waals surface area contributed by atoms with Gasteiger partial charge in [0, 0.05) is 24.0 Å². The second-order valence-electron chi connectivity index (χ2n) is 12.4. The maximum Gasteiger partial charge on any atom is 0.328 e. The second-order valence-corrected chi connectivity index (χ2v) is 12.7. The lowest BCUT2D eigenvalue weighted by atomic mass is 9.94. The van der Waals surface area contributed by atoms with E-state index in [1.807, 2.05) is 24.3 Å². The van der Waals surface area contributed by atoms with Crippen LogP contribution in [0.25, 0.3) is 11.1 Å². The fourth-order valence-corrected chi connectivity index (χ4v) is 5.54. The minimum absolute atomic E-state index is 0.0310. The summed E-state index contributed by atoms with van der Waals surface area (Å²) in [6, 6.07) is 23.4. The van der Waals surface area contributed by atoms with Crippen molar-refractivity contribution in [2.24, 2.45) is 0 Å². The van der Waals surface area contributed by atoms with Crippen LogP contribution in [0, 0.1) is 0 Å². The molecule has 0 aliphatic carbocycles. The topological polar surface area (TPSA) is 78.9 Å². The number of benzene rings is 3. The van der Waals surface area contributed by atoms with Gasteiger partial charge in [-0.1, -0.05) is 62.4 Å². The first-order valence-electron chi connectivity index (χ1n) is 15.2. The Labute approximate surface area is 263 Å². The molecule has 3 aromatic carbocycles. The third-order valence-corrected chi connectivity index (χ3v) is 7.99. The minimum Gasteiger partial charge on any atom is -0.480 e. The molecule has 0 bridgehead atoms. The van der Waals surface area contributed by atoms with E-state index in [1.165, 1.54) is 16.8 Å². The Hall–Kier alpha value is -3.29. The van der Waals surface area contributed by atoms with Crippen LogP contribution in [-0.4, -0.2) is 40.5 Å². The predicted molar refractivity (Wildman–Crippen MR) is 180 cm³/mol. The zero-order valence-electron chi connectivity index (χ0n) is 26.6. The number of carbonyl (C=O) groups is 2. The summed E-state index contributed by atoms with van der Waals surface area (Å²) in [5.41, 5.74) is 5.61. The zero-order chi connectivity index (χ0) is 31.7. The van der Waals surface area contributed by atoms with Gasteiger partial charge in [0.2, 0.25) is 0 Å². The maximum absolute atomic E-state index is 13.2. The highest BCUT2D eigenvalue weighted by atomic mass is 32.1. The normalized spacial score (nSPS) is 13.2. The van der Waals surface area contributed by atoms with Gasteiger partial charge in [0.05, 0.1) is 0 Å². The van der Waals surface area contributed by atoms with Gasteiger partial charge >= 0.3 is 11.9 Å². The summed E-state index contributed by atoms with van der Waals surface area (Å²) >= 11 is 4.18. The molecule has 0 heterocycles. The molecule has 0 aliphatic heterocycles. The molecule has 0 aromatic heterocycles. The maximum atomic E-state index is 13.2. The summed E-state index contributed by atoms with van der Waals surface area (Å²) in [7, 11) is 0. The van der Waals surface area contributed by atoms with Gasteiger partial charge in [0.1, 0.15) is 17.7 Å². The molecule has 1 unspecified atom stereocenters. The van der Waals surface area contributed by atoms with Crippen molar-refractivity contribution in [3.05, 3.63) is 89.5 Å². The smallest absolute Gasteiger partial charge is 0.328 e. The number of carboxylic acids is 1. The number of thiol groups is 1. The van der Waals surface area contributed by atoms with Crippen molar-refractivity contribution in [2.45, 2.75) is 97.5 Å². The molecule has 0 aliphatic rings. The molecule has 3 rings (SSSR count). The number of hydrogen-bond donors (Lipinski definition) is 3. The highest BCUT2D eigenvalue weighted by Crippen LogP contribution is 2.29. The van der Waals surface area contributed by atoms with Gasteiger partial charge in [-0.2, -0.15) is 12.6 Å². The summed E-state index contributed by atoms with van der Waals surface area (Å²) in [5, 5.41) is 12.6. The van der Waals surface area contributed by atoms with Gasteiger partial charge < -0.3 is 14.7 Å². The average Bonchev–Trinajstić information content (AvgIpc) is 2.96. The third-order valence-electron chi connectivity index (χ3n) is 7.63. The average molecular weight is 605 g/mol. The van der Waals surface area contributed by atoms with Crippen LogP contribution in [0.4, 0.5) is 5.69 Å². The molecule has 6 nitrogen and oxygen atoms in total. The SMILES string of the molecule is CCC(CC)c1ccc(N(Cc2cccc(-c3cccc(C(N[C@@H](CS)C(=O)O)C(=O)OC(C)(C)C)c3)c2)C(C)C)cc1. The Balaban J connectivity index is 1.91. The summed E-state index contributed by atoms with van der Waals surface area (Å²) in [6.07, 6.45) is 2.28. The van der Waals surface area contributed by atoms with Gasteiger partial charge in [-0.15, -0.1) is 0 Å². The lowest BCUT2D eigenvalue weighted by Crippen LogP contribution is -2.45. The number of aliphatic carboxylic acids is 1. The van der Waals surface area contributed by atoms with E-state index in [-0.39, 0.29) is 5.75 Å². The van der Waals surface area contributed by atoms with Crippen LogP contribution in [0.15, 0.2) is 72.8 Å². The molecule has 2 atom stereocenters. The molecule has 0 saturated heterocycles. The van der Waals surface area contributed by atoms with Crippen LogP contribution >= 0.6 is 12.6 Å². The van der Waals surface area contributed by atoms with E-state index >= 15 is 0 Å². The minimum atomic E-state index is -1.08. The number of carboxylic acid groups (broad SMARTS) is 1. The van der Waals surface area contributed by atoms with Crippen molar-refractivity contribution in [1.29, 1.82) is 0 Å². The van der Waals surface area contributed by atoms with Gasteiger partial charge in [-0.05, 0) is 105 Å². The third kappa shape index (κ3) is 9.60. The lowest BCUT2D eigenvalue weighted by Gasteiger charge is -2.30. The van der Waals surface area contributed by atoms with Gasteiger partial charge in [-0.3, -0.25) is 10.1 Å². The van der Waals surface area contributed by atoms with Crippen LogP contribution in [-0.2, 0) is 20.9 Å². The van der Waals surface area contributed by atoms with E-state index in [1.54, 1.807) is 20.8 Å². The van der Waals surface area contributed by atoms with Crippen molar-refractivity contribution in [2.75, 3.05) is 10.7 Å². The summed E-state index contributed by atoms with van der Waals surface area (Å²) < 4.78 is 5.66. The van der Waals surface area contributed by atoms with Crippen molar-refractivity contribution in [1.82, 2.24) is 5.32 Å². The van der Waals surface area contributed by atoms with Crippen LogP contribution in [0.1, 0.15) is 90.0 Å². The Morgan fingerprint density at radius 2 is 1.51 bits per heavy atom. The number of carbonyl (C=O) groups excluding carboxylic acids is 1. The Morgan fingerprint density at radius 1 is 0.907 bits per heavy atom. The largest absolute Gasteiger partial charge is 0.480 e. The number of anilines is 1. The molecule has 0 fully saturated rings. The van der Waals surface area contributed by atoms with Crippen molar-refractivity contribution in [3.8, 4) is 11.1 Å². The first-order valence-corrected chi connectivity index (χ1v) is 15.9. The number of esters is 1. The van der Waals surface area contributed by atoms with Gasteiger partial charge in [-0.25, -0.2) is 4.79 Å². The lowest BCUT2D eigenvalue weighted by molar-refractivity contribution is -0.158. The Kier molecular flexibility index (Phi) is 12.3. The molecule has 2 N–H and O–H groups in total. The number of rotatable bonds is 14. The predicted octanol–water partition coefficient (Wildman–Crippen LogP) is 8.03. The number of nitrogens with one attached hydrogen (secondary N) is 1. The zero-order valence-corrected chi connectivity index (χ0v) is 27.5. The molecule has 0 amide bonds. The van der Waals surface area contributed by atoms with E-state index in [0.717, 1.165) is 30.5 Å². The summed E-state index contributed by atoms with van der Waals surface area (Å²) in [6.45, 7) is 15.0. The Bertz CT molecular complexity index is 1350. The van der Waals surface area contributed by atoms with Crippen LogP contribution in [0.5, 0.6) is 0 Å². The van der Waals surface area contributed by atoms with E-state index in [0.29, 0.717) is 17.5 Å². The number of nitrogens with zero attached hydrogens (tertiary/aromatic N) is 1. The van der Waals surface area contributed by atoms with E-state index in [4.69, 9.17) is 4.74 Å². The molecule has 0 spiro atoms. The molecule has 7 heteroatoms. The Morgan fingerprint density at radius 3 is 2.05 bits per heavy atom. The molecule has 0 radical (unpaired) electrons.